The number of nitrogens with zero attached hydrogens (tertiary/aromatic N) is 2. The third-order valence-electron chi connectivity index (χ3n) is 3.80. The van der Waals surface area contributed by atoms with Crippen LogP contribution in [0.15, 0.2) is 64.4 Å². The van der Waals surface area contributed by atoms with Crippen molar-refractivity contribution in [3.05, 3.63) is 70.8 Å². The summed E-state index contributed by atoms with van der Waals surface area (Å²) >= 11 is 1.63. The Morgan fingerprint density at radius 2 is 1.72 bits per heavy atom. The molecule has 0 aliphatic rings. The van der Waals surface area contributed by atoms with Gasteiger partial charge in [0, 0.05) is 17.6 Å². The van der Waals surface area contributed by atoms with Crippen LogP contribution in [0.5, 0.6) is 0 Å². The average molecular weight is 356 g/mol. The van der Waals surface area contributed by atoms with Crippen LogP contribution in [-0.2, 0) is 11.5 Å². The summed E-state index contributed by atoms with van der Waals surface area (Å²) in [4.78, 5) is 13.7. The number of ether oxygens (including phenoxy) is 1. The zero-order valence-corrected chi connectivity index (χ0v) is 14.7. The van der Waals surface area contributed by atoms with Gasteiger partial charge in [-0.3, -0.25) is 4.79 Å². The first-order chi connectivity index (χ1) is 12.1. The molecule has 3 aromatic rings. The Labute approximate surface area is 149 Å². The number of thioether (sulfide) groups is 1. The smallest absolute Gasteiger partial charge is 0.208 e. The highest BCUT2D eigenvalue weighted by Gasteiger charge is 2.16. The zero-order chi connectivity index (χ0) is 17.8. The SMILES string of the molecule is COCn1ncc(=O)c(-c2ccc(SC)cc2)c1-c1ccc(F)cc1. The molecule has 0 spiro atoms. The Hall–Kier alpha value is -2.44. The second kappa shape index (κ2) is 7.63. The van der Waals surface area contributed by atoms with Gasteiger partial charge in [-0.15, -0.1) is 11.8 Å². The lowest BCUT2D eigenvalue weighted by atomic mass is 9.99. The van der Waals surface area contributed by atoms with Gasteiger partial charge in [-0.25, -0.2) is 9.07 Å². The number of hydrogen-bond acceptors (Lipinski definition) is 4. The Kier molecular flexibility index (Phi) is 5.31. The molecule has 3 rings (SSSR count). The van der Waals surface area contributed by atoms with Crippen molar-refractivity contribution in [1.29, 1.82) is 0 Å². The lowest BCUT2D eigenvalue weighted by Gasteiger charge is -2.16. The van der Waals surface area contributed by atoms with E-state index in [0.717, 1.165) is 10.5 Å². The minimum Gasteiger partial charge on any atom is -0.362 e. The molecule has 4 nitrogen and oxygen atoms in total. The standard InChI is InChI=1S/C19H17FN2O2S/c1-24-12-22-19(14-3-7-15(20)8-4-14)18(17(23)11-21-22)13-5-9-16(25-2)10-6-13/h3-11H,12H2,1-2H3. The van der Waals surface area contributed by atoms with Crippen LogP contribution in [0.2, 0.25) is 0 Å². The molecule has 0 saturated carbocycles. The zero-order valence-electron chi connectivity index (χ0n) is 13.9. The van der Waals surface area contributed by atoms with Crippen LogP contribution in [0.3, 0.4) is 0 Å². The fraction of sp³-hybridized carbons (Fsp3) is 0.158. The van der Waals surface area contributed by atoms with Crippen molar-refractivity contribution >= 4 is 11.8 Å². The van der Waals surface area contributed by atoms with Gasteiger partial charge in [-0.1, -0.05) is 12.1 Å². The van der Waals surface area contributed by atoms with Crippen LogP contribution in [0.4, 0.5) is 4.39 Å². The van der Waals surface area contributed by atoms with E-state index < -0.39 is 0 Å². The second-order valence-corrected chi connectivity index (χ2v) is 6.26. The maximum atomic E-state index is 13.3. The topological polar surface area (TPSA) is 44.1 Å². The highest BCUT2D eigenvalue weighted by molar-refractivity contribution is 7.98. The molecule has 0 bridgehead atoms. The molecule has 2 aromatic carbocycles. The molecule has 1 aromatic heterocycles. The van der Waals surface area contributed by atoms with Gasteiger partial charge in [0.15, 0.2) is 0 Å². The van der Waals surface area contributed by atoms with Gasteiger partial charge in [0.1, 0.15) is 12.5 Å². The minimum atomic E-state index is -0.334. The molecule has 128 valence electrons. The Morgan fingerprint density at radius 1 is 1.08 bits per heavy atom. The van der Waals surface area contributed by atoms with E-state index in [9.17, 15) is 9.18 Å². The van der Waals surface area contributed by atoms with Crippen molar-refractivity contribution in [2.24, 2.45) is 0 Å². The molecule has 0 radical (unpaired) electrons. The third-order valence-corrected chi connectivity index (χ3v) is 4.55. The highest BCUT2D eigenvalue weighted by atomic mass is 32.2. The van der Waals surface area contributed by atoms with Crippen LogP contribution >= 0.6 is 11.8 Å². The monoisotopic (exact) mass is 356 g/mol. The van der Waals surface area contributed by atoms with E-state index in [1.807, 2.05) is 30.5 Å². The van der Waals surface area contributed by atoms with Gasteiger partial charge in [0.25, 0.3) is 0 Å². The third kappa shape index (κ3) is 3.65. The Balaban J connectivity index is 2.26. The molecular formula is C19H17FN2O2S. The molecule has 0 unspecified atom stereocenters. The number of aromatic nitrogens is 2. The van der Waals surface area contributed by atoms with E-state index in [1.54, 1.807) is 35.7 Å². The lowest BCUT2D eigenvalue weighted by molar-refractivity contribution is 0.121. The summed E-state index contributed by atoms with van der Waals surface area (Å²) in [6.07, 6.45) is 3.28. The Bertz CT molecular complexity index is 922. The van der Waals surface area contributed by atoms with Crippen LogP contribution < -0.4 is 5.43 Å². The van der Waals surface area contributed by atoms with Crippen LogP contribution in [-0.4, -0.2) is 23.1 Å². The molecule has 6 heteroatoms. The molecule has 0 fully saturated rings. The summed E-state index contributed by atoms with van der Waals surface area (Å²) in [5.74, 6) is -0.334. The molecule has 25 heavy (non-hydrogen) atoms. The van der Waals surface area contributed by atoms with E-state index in [2.05, 4.69) is 5.10 Å². The first kappa shape index (κ1) is 17.4. The second-order valence-electron chi connectivity index (χ2n) is 5.39. The van der Waals surface area contributed by atoms with Crippen molar-refractivity contribution < 1.29 is 9.13 Å². The quantitative estimate of drug-likeness (QED) is 0.647. The summed E-state index contributed by atoms with van der Waals surface area (Å²) in [5, 5.41) is 4.17. The fourth-order valence-corrected chi connectivity index (χ4v) is 3.06. The van der Waals surface area contributed by atoms with Crippen molar-refractivity contribution in [2.45, 2.75) is 11.6 Å². The van der Waals surface area contributed by atoms with Crippen LogP contribution in [0.25, 0.3) is 22.4 Å². The van der Waals surface area contributed by atoms with Crippen molar-refractivity contribution in [3.8, 4) is 22.4 Å². The molecule has 0 saturated heterocycles. The van der Waals surface area contributed by atoms with E-state index in [0.29, 0.717) is 16.8 Å². The molecule has 0 amide bonds. The summed E-state index contributed by atoms with van der Waals surface area (Å²) in [5.41, 5.74) is 2.42. The van der Waals surface area contributed by atoms with Gasteiger partial charge in [0.2, 0.25) is 5.43 Å². The normalized spacial score (nSPS) is 10.8. The molecule has 0 aliphatic heterocycles. The van der Waals surface area contributed by atoms with Crippen LogP contribution in [0.1, 0.15) is 0 Å². The minimum absolute atomic E-state index is 0.183. The largest absolute Gasteiger partial charge is 0.362 e. The van der Waals surface area contributed by atoms with Crippen molar-refractivity contribution in [1.82, 2.24) is 9.78 Å². The molecule has 0 aliphatic carbocycles. The van der Waals surface area contributed by atoms with Gasteiger partial charge in [-0.05, 0) is 48.2 Å². The predicted octanol–water partition coefficient (Wildman–Crippen LogP) is 4.04. The van der Waals surface area contributed by atoms with E-state index in [1.165, 1.54) is 18.3 Å². The molecule has 0 atom stereocenters. The van der Waals surface area contributed by atoms with Crippen molar-refractivity contribution in [2.75, 3.05) is 13.4 Å². The highest BCUT2D eigenvalue weighted by Crippen LogP contribution is 2.30. The van der Waals surface area contributed by atoms with Crippen LogP contribution in [0, 0.1) is 5.82 Å². The summed E-state index contributed by atoms with van der Waals surface area (Å²) in [6, 6.07) is 13.8. The van der Waals surface area contributed by atoms with E-state index in [4.69, 9.17) is 4.74 Å². The number of halogens is 1. The summed E-state index contributed by atoms with van der Waals surface area (Å²) in [7, 11) is 1.56. The van der Waals surface area contributed by atoms with Crippen molar-refractivity contribution in [3.63, 3.8) is 0 Å². The average Bonchev–Trinajstić information content (AvgIpc) is 2.64. The summed E-state index contributed by atoms with van der Waals surface area (Å²) < 4.78 is 20.1. The van der Waals surface area contributed by atoms with E-state index in [-0.39, 0.29) is 18.0 Å². The van der Waals surface area contributed by atoms with Gasteiger partial charge in [0.05, 0.1) is 17.5 Å². The predicted molar refractivity (Wildman–Crippen MR) is 98.1 cm³/mol. The summed E-state index contributed by atoms with van der Waals surface area (Å²) in [6.45, 7) is 0.183. The fourth-order valence-electron chi connectivity index (χ4n) is 2.65. The number of methoxy groups -OCH3 is 1. The van der Waals surface area contributed by atoms with Gasteiger partial charge >= 0.3 is 0 Å². The van der Waals surface area contributed by atoms with E-state index >= 15 is 0 Å². The molecule has 0 N–H and O–H groups in total. The maximum Gasteiger partial charge on any atom is 0.208 e. The number of rotatable bonds is 5. The number of benzene rings is 2. The molecule has 1 heterocycles. The van der Waals surface area contributed by atoms with Gasteiger partial charge in [-0.2, -0.15) is 5.10 Å². The van der Waals surface area contributed by atoms with Gasteiger partial charge < -0.3 is 4.74 Å². The Morgan fingerprint density at radius 3 is 2.32 bits per heavy atom. The first-order valence-electron chi connectivity index (χ1n) is 7.63. The lowest BCUT2D eigenvalue weighted by Crippen LogP contribution is -2.17. The molecular weight excluding hydrogens is 339 g/mol. The number of hydrogen-bond donors (Lipinski definition) is 0. The maximum absolute atomic E-state index is 13.3. The first-order valence-corrected chi connectivity index (χ1v) is 8.86.